The first-order valence-electron chi connectivity index (χ1n) is 13.7. The second kappa shape index (κ2) is 9.58. The minimum Gasteiger partial charge on any atom is -0.461 e. The van der Waals surface area contributed by atoms with Crippen LogP contribution in [-0.2, 0) is 9.47 Å². The molecule has 7 rings (SSSR count). The number of ether oxygens (including phenoxy) is 2. The number of hydrogen-bond donors (Lipinski definition) is 2. The Kier molecular flexibility index (Phi) is 6.61. The van der Waals surface area contributed by atoms with Crippen LogP contribution in [0.4, 0.5) is 0 Å². The predicted molar refractivity (Wildman–Crippen MR) is 146 cm³/mol. The summed E-state index contributed by atoms with van der Waals surface area (Å²) in [4.78, 5) is 27.0. The fraction of sp³-hybridized carbons (Fsp3) is 0.600. The largest absolute Gasteiger partial charge is 0.461 e. The zero-order valence-corrected chi connectivity index (χ0v) is 23.4. The van der Waals surface area contributed by atoms with Crippen molar-refractivity contribution in [2.24, 2.45) is 34.0 Å². The fourth-order valence-corrected chi connectivity index (χ4v) is 10.1. The maximum absolute atomic E-state index is 13.0. The molecule has 0 radical (unpaired) electrons. The molecule has 2 aromatic heterocycles. The second-order valence-electron chi connectivity index (χ2n) is 12.3. The highest BCUT2D eigenvalue weighted by Crippen LogP contribution is 2.72. The average molecular weight is 557 g/mol. The summed E-state index contributed by atoms with van der Waals surface area (Å²) >= 11 is 2.73. The molecular weight excluding hydrogens is 520 g/mol. The van der Waals surface area contributed by atoms with Crippen molar-refractivity contribution in [3.63, 3.8) is 0 Å². The van der Waals surface area contributed by atoms with Gasteiger partial charge < -0.3 is 19.7 Å². The van der Waals surface area contributed by atoms with E-state index in [0.29, 0.717) is 16.2 Å². The van der Waals surface area contributed by atoms with Crippen LogP contribution in [0.2, 0.25) is 0 Å². The Bertz CT molecular complexity index is 1210. The van der Waals surface area contributed by atoms with Crippen LogP contribution >= 0.6 is 22.7 Å². The summed E-state index contributed by atoms with van der Waals surface area (Å²) in [5.74, 6) is -0.473. The van der Waals surface area contributed by atoms with Crippen molar-refractivity contribution in [1.29, 1.82) is 0 Å². The van der Waals surface area contributed by atoms with Gasteiger partial charge >= 0.3 is 11.9 Å². The van der Waals surface area contributed by atoms with Crippen LogP contribution < -0.4 is 0 Å². The van der Waals surface area contributed by atoms with Crippen LogP contribution in [0, 0.1) is 34.0 Å². The minimum atomic E-state index is -0.759. The number of aliphatic hydroxyl groups is 2. The van der Waals surface area contributed by atoms with E-state index in [-0.39, 0.29) is 48.3 Å². The summed E-state index contributed by atoms with van der Waals surface area (Å²) in [6.45, 7) is 6.89. The van der Waals surface area contributed by atoms with Gasteiger partial charge in [0.25, 0.3) is 0 Å². The van der Waals surface area contributed by atoms with Gasteiger partial charge in [-0.3, -0.25) is 0 Å². The minimum absolute atomic E-state index is 0.00763. The van der Waals surface area contributed by atoms with Crippen LogP contribution in [0.1, 0.15) is 71.2 Å². The third-order valence-electron chi connectivity index (χ3n) is 10.6. The second-order valence-corrected chi connectivity index (χ2v) is 14.2. The lowest BCUT2D eigenvalue weighted by atomic mass is 9.35. The van der Waals surface area contributed by atoms with Gasteiger partial charge in [0.1, 0.15) is 9.75 Å². The molecule has 8 atom stereocenters. The lowest BCUT2D eigenvalue weighted by Gasteiger charge is -2.70. The molecule has 5 aliphatic carbocycles. The standard InChI is InChI=1S/C30H36O6S2/c1-18-19-8-11-30(25(18)32)23(14-19)29(17-36-27(34)21-7-4-13-38-21)10-5-9-28(2,22(29)15-24(30)31)16-35-26(33)20-6-3-12-37-20/h3-4,6-7,12-13,19,22-25,31-32H,1,5,8-11,14-17H2,2H3. The first-order chi connectivity index (χ1) is 18.2. The topological polar surface area (TPSA) is 93.1 Å². The van der Waals surface area contributed by atoms with Gasteiger partial charge in [0.05, 0.1) is 25.4 Å². The van der Waals surface area contributed by atoms with E-state index in [1.807, 2.05) is 22.9 Å². The highest BCUT2D eigenvalue weighted by Gasteiger charge is 2.71. The van der Waals surface area contributed by atoms with Crippen LogP contribution in [0.5, 0.6) is 0 Å². The molecule has 2 N–H and O–H groups in total. The van der Waals surface area contributed by atoms with Crippen LogP contribution in [0.25, 0.3) is 0 Å². The summed E-state index contributed by atoms with van der Waals surface area (Å²) in [5, 5.41) is 27.1. The Labute approximate surface area is 231 Å². The van der Waals surface area contributed by atoms with Gasteiger partial charge in [0.2, 0.25) is 0 Å². The predicted octanol–water partition coefficient (Wildman–Crippen LogP) is 5.71. The van der Waals surface area contributed by atoms with E-state index >= 15 is 0 Å². The van der Waals surface area contributed by atoms with Gasteiger partial charge in [0.15, 0.2) is 0 Å². The molecule has 5 fully saturated rings. The average Bonchev–Trinajstić information content (AvgIpc) is 3.65. The number of esters is 2. The third kappa shape index (κ3) is 3.86. The SMILES string of the molecule is C=C1C2CCC3(C(O)CC4C(C)(COC(=O)c5cccs5)CCCC4(COC(=O)c4cccs4)C3C2)C1O. The molecule has 8 heteroatoms. The van der Waals surface area contributed by atoms with Gasteiger partial charge in [-0.2, -0.15) is 0 Å². The van der Waals surface area contributed by atoms with Crippen molar-refractivity contribution >= 4 is 34.6 Å². The molecule has 2 bridgehead atoms. The zero-order chi connectivity index (χ0) is 26.7. The van der Waals surface area contributed by atoms with E-state index in [0.717, 1.165) is 44.1 Å². The van der Waals surface area contributed by atoms with E-state index in [9.17, 15) is 19.8 Å². The van der Waals surface area contributed by atoms with Crippen molar-refractivity contribution in [3.05, 3.63) is 56.9 Å². The molecule has 204 valence electrons. The van der Waals surface area contributed by atoms with Gasteiger partial charge in [-0.15, -0.1) is 22.7 Å². The molecule has 6 nitrogen and oxygen atoms in total. The van der Waals surface area contributed by atoms with E-state index in [4.69, 9.17) is 9.47 Å². The molecule has 0 saturated heterocycles. The van der Waals surface area contributed by atoms with Crippen LogP contribution in [0.15, 0.2) is 47.2 Å². The number of fused-ring (bicyclic) bond motifs is 3. The molecule has 8 unspecified atom stereocenters. The number of aliphatic hydroxyl groups excluding tert-OH is 2. The van der Waals surface area contributed by atoms with Crippen molar-refractivity contribution in [2.45, 2.75) is 64.1 Å². The van der Waals surface area contributed by atoms with Crippen LogP contribution in [0.3, 0.4) is 0 Å². The Hall–Kier alpha value is -2.00. The molecule has 0 aliphatic heterocycles. The van der Waals surface area contributed by atoms with E-state index in [1.54, 1.807) is 12.1 Å². The van der Waals surface area contributed by atoms with E-state index < -0.39 is 23.0 Å². The summed E-state index contributed by atoms with van der Waals surface area (Å²) in [5.41, 5.74) is -0.639. The maximum atomic E-state index is 13.0. The quantitative estimate of drug-likeness (QED) is 0.350. The Balaban J connectivity index is 1.35. The number of carbonyl (C=O) groups is 2. The van der Waals surface area contributed by atoms with Gasteiger partial charge in [-0.25, -0.2) is 9.59 Å². The molecular formula is C30H36O6S2. The lowest BCUT2D eigenvalue weighted by molar-refractivity contribution is -0.266. The maximum Gasteiger partial charge on any atom is 0.348 e. The Morgan fingerprint density at radius 2 is 1.63 bits per heavy atom. The monoisotopic (exact) mass is 556 g/mol. The number of rotatable bonds is 6. The zero-order valence-electron chi connectivity index (χ0n) is 21.8. The van der Waals surface area contributed by atoms with Crippen molar-refractivity contribution < 1.29 is 29.3 Å². The normalized spacial score (nSPS) is 39.8. The smallest absolute Gasteiger partial charge is 0.348 e. The van der Waals surface area contributed by atoms with Gasteiger partial charge in [0, 0.05) is 16.2 Å². The molecule has 5 aliphatic rings. The molecule has 1 spiro atoms. The van der Waals surface area contributed by atoms with Crippen LogP contribution in [-0.4, -0.2) is 47.6 Å². The number of carbonyl (C=O) groups excluding carboxylic acids is 2. The highest BCUT2D eigenvalue weighted by atomic mass is 32.1. The Morgan fingerprint density at radius 3 is 2.26 bits per heavy atom. The summed E-state index contributed by atoms with van der Waals surface area (Å²) < 4.78 is 12.0. The molecule has 5 saturated carbocycles. The van der Waals surface area contributed by atoms with Gasteiger partial charge in [-0.1, -0.05) is 32.1 Å². The molecule has 38 heavy (non-hydrogen) atoms. The lowest BCUT2D eigenvalue weighted by Crippen LogP contribution is -2.71. The summed E-state index contributed by atoms with van der Waals surface area (Å²) in [6, 6.07) is 7.23. The highest BCUT2D eigenvalue weighted by molar-refractivity contribution is 7.12. The van der Waals surface area contributed by atoms with Crippen molar-refractivity contribution in [1.82, 2.24) is 0 Å². The van der Waals surface area contributed by atoms with Crippen molar-refractivity contribution in [2.75, 3.05) is 13.2 Å². The van der Waals surface area contributed by atoms with Crippen molar-refractivity contribution in [3.8, 4) is 0 Å². The summed E-state index contributed by atoms with van der Waals surface area (Å²) in [7, 11) is 0. The first kappa shape index (κ1) is 26.2. The molecule has 0 aromatic carbocycles. The van der Waals surface area contributed by atoms with Gasteiger partial charge in [-0.05, 0) is 84.7 Å². The number of hydrogen-bond acceptors (Lipinski definition) is 8. The Morgan fingerprint density at radius 1 is 0.974 bits per heavy atom. The molecule has 0 amide bonds. The van der Waals surface area contributed by atoms with E-state index in [1.165, 1.54) is 22.7 Å². The summed E-state index contributed by atoms with van der Waals surface area (Å²) in [6.07, 6.45) is 4.17. The van der Waals surface area contributed by atoms with E-state index in [2.05, 4.69) is 13.5 Å². The first-order valence-corrected chi connectivity index (χ1v) is 15.4. The molecule has 2 aromatic rings. The number of thiophene rings is 2. The molecule has 2 heterocycles. The fourth-order valence-electron chi connectivity index (χ4n) is 8.85. The third-order valence-corrected chi connectivity index (χ3v) is 12.3.